The lowest BCUT2D eigenvalue weighted by molar-refractivity contribution is -0.136. The summed E-state index contributed by atoms with van der Waals surface area (Å²) in [5.41, 5.74) is 1.14. The first-order chi connectivity index (χ1) is 7.75. The minimum atomic E-state index is -0.839. The molecule has 0 atom stereocenters. The number of carboxylic acids is 1. The highest BCUT2D eigenvalue weighted by atomic mass is 32.1. The molecule has 4 nitrogen and oxygen atoms in total. The Morgan fingerprint density at radius 2 is 2.06 bits per heavy atom. The van der Waals surface area contributed by atoms with E-state index in [9.17, 15) is 4.79 Å². The van der Waals surface area contributed by atoms with E-state index in [-0.39, 0.29) is 17.3 Å². The Morgan fingerprint density at radius 1 is 1.47 bits per heavy atom. The Morgan fingerprint density at radius 3 is 2.53 bits per heavy atom. The Hall–Kier alpha value is -1.10. The third-order valence-electron chi connectivity index (χ3n) is 4.17. The average Bonchev–Trinajstić information content (AvgIpc) is 2.53. The van der Waals surface area contributed by atoms with Crippen molar-refractivity contribution in [2.45, 2.75) is 40.2 Å². The molecular weight excluding hydrogens is 236 g/mol. The summed E-state index contributed by atoms with van der Waals surface area (Å²) in [5.74, 6) is -0.839. The van der Waals surface area contributed by atoms with Crippen LogP contribution >= 0.6 is 11.3 Å². The summed E-state index contributed by atoms with van der Waals surface area (Å²) < 4.78 is 0. The number of aromatic nitrogens is 1. The third kappa shape index (κ3) is 2.04. The summed E-state index contributed by atoms with van der Waals surface area (Å²) in [6, 6.07) is 0.402. The van der Waals surface area contributed by atoms with Gasteiger partial charge >= 0.3 is 5.97 Å². The number of hydrogen-bond acceptors (Lipinski definition) is 4. The van der Waals surface area contributed by atoms with E-state index < -0.39 is 5.97 Å². The van der Waals surface area contributed by atoms with E-state index in [1.165, 1.54) is 11.3 Å². The van der Waals surface area contributed by atoms with Gasteiger partial charge in [0, 0.05) is 11.4 Å². The first-order valence-corrected chi connectivity index (χ1v) is 6.56. The molecule has 0 bridgehead atoms. The molecule has 1 aliphatic carbocycles. The number of rotatable bonds is 4. The summed E-state index contributed by atoms with van der Waals surface area (Å²) in [5, 5.41) is 14.7. The van der Waals surface area contributed by atoms with Crippen molar-refractivity contribution in [3.05, 3.63) is 11.1 Å². The van der Waals surface area contributed by atoms with Crippen molar-refractivity contribution in [1.29, 1.82) is 0 Å². The molecule has 5 heteroatoms. The lowest BCUT2D eigenvalue weighted by Gasteiger charge is -2.03. The first kappa shape index (κ1) is 12.4. The lowest BCUT2D eigenvalue weighted by Crippen LogP contribution is -2.10. The lowest BCUT2D eigenvalue weighted by atomic mass is 10.0. The Balaban J connectivity index is 2.02. The van der Waals surface area contributed by atoms with Gasteiger partial charge in [0.25, 0.3) is 0 Å². The molecule has 1 aliphatic rings. The van der Waals surface area contributed by atoms with E-state index in [0.29, 0.717) is 11.7 Å². The van der Waals surface area contributed by atoms with Crippen LogP contribution in [-0.2, 0) is 11.2 Å². The molecule has 1 heterocycles. The monoisotopic (exact) mass is 254 g/mol. The number of nitrogens with one attached hydrogen (secondary N) is 1. The maximum absolute atomic E-state index is 10.6. The van der Waals surface area contributed by atoms with Gasteiger partial charge in [-0.2, -0.15) is 0 Å². The second-order valence-electron chi connectivity index (χ2n) is 5.74. The van der Waals surface area contributed by atoms with Crippen LogP contribution in [0.15, 0.2) is 5.38 Å². The molecule has 0 spiro atoms. The van der Waals surface area contributed by atoms with Gasteiger partial charge < -0.3 is 10.4 Å². The van der Waals surface area contributed by atoms with E-state index in [1.54, 1.807) is 5.38 Å². The van der Waals surface area contributed by atoms with Gasteiger partial charge in [0.1, 0.15) is 0 Å². The molecule has 17 heavy (non-hydrogen) atoms. The van der Waals surface area contributed by atoms with E-state index in [4.69, 9.17) is 5.11 Å². The number of anilines is 1. The van der Waals surface area contributed by atoms with Gasteiger partial charge in [-0.15, -0.1) is 11.3 Å². The smallest absolute Gasteiger partial charge is 0.309 e. The van der Waals surface area contributed by atoms with Crippen molar-refractivity contribution in [3.63, 3.8) is 0 Å². The maximum atomic E-state index is 10.6. The van der Waals surface area contributed by atoms with E-state index in [2.05, 4.69) is 38.0 Å². The molecule has 2 rings (SSSR count). The van der Waals surface area contributed by atoms with Crippen molar-refractivity contribution in [2.24, 2.45) is 10.8 Å². The number of thiazole rings is 1. The quantitative estimate of drug-likeness (QED) is 0.867. The molecule has 94 valence electrons. The van der Waals surface area contributed by atoms with Crippen LogP contribution in [0.3, 0.4) is 0 Å². The third-order valence-corrected chi connectivity index (χ3v) is 4.99. The van der Waals surface area contributed by atoms with Crippen LogP contribution in [0, 0.1) is 10.8 Å². The van der Waals surface area contributed by atoms with Crippen molar-refractivity contribution in [1.82, 2.24) is 4.98 Å². The number of carboxylic acid groups (broad SMARTS) is 1. The Bertz CT molecular complexity index is 437. The topological polar surface area (TPSA) is 62.2 Å². The predicted molar refractivity (Wildman–Crippen MR) is 68.4 cm³/mol. The zero-order valence-electron chi connectivity index (χ0n) is 10.6. The van der Waals surface area contributed by atoms with E-state index >= 15 is 0 Å². The minimum absolute atomic E-state index is 0.00433. The summed E-state index contributed by atoms with van der Waals surface area (Å²) in [6.45, 7) is 8.93. The van der Waals surface area contributed by atoms with Crippen molar-refractivity contribution < 1.29 is 9.90 Å². The molecule has 0 aliphatic heterocycles. The minimum Gasteiger partial charge on any atom is -0.481 e. The second kappa shape index (κ2) is 3.70. The van der Waals surface area contributed by atoms with Crippen molar-refractivity contribution in [3.8, 4) is 0 Å². The Kier molecular flexibility index (Phi) is 2.69. The van der Waals surface area contributed by atoms with E-state index in [1.807, 2.05) is 0 Å². The number of carbonyl (C=O) groups is 1. The van der Waals surface area contributed by atoms with Gasteiger partial charge in [-0.25, -0.2) is 4.98 Å². The summed E-state index contributed by atoms with van der Waals surface area (Å²) in [4.78, 5) is 14.9. The van der Waals surface area contributed by atoms with Crippen LogP contribution in [0.5, 0.6) is 0 Å². The van der Waals surface area contributed by atoms with Crippen LogP contribution in [0.4, 0.5) is 5.13 Å². The molecule has 0 radical (unpaired) electrons. The summed E-state index contributed by atoms with van der Waals surface area (Å²) in [7, 11) is 0. The molecule has 0 aromatic carbocycles. The Labute approximate surface area is 105 Å². The summed E-state index contributed by atoms with van der Waals surface area (Å²) in [6.07, 6.45) is -0.00433. The van der Waals surface area contributed by atoms with Crippen LogP contribution in [-0.4, -0.2) is 22.1 Å². The van der Waals surface area contributed by atoms with Gasteiger partial charge in [-0.1, -0.05) is 27.7 Å². The van der Waals surface area contributed by atoms with Gasteiger partial charge in [-0.05, 0) is 10.8 Å². The zero-order valence-corrected chi connectivity index (χ0v) is 11.4. The molecule has 1 aromatic rings. The van der Waals surface area contributed by atoms with Gasteiger partial charge in [0.15, 0.2) is 5.13 Å². The SMILES string of the molecule is CC1(C)C(Nc2nc(CC(=O)O)cs2)C1(C)C. The second-order valence-corrected chi connectivity index (χ2v) is 6.59. The van der Waals surface area contributed by atoms with Crippen LogP contribution < -0.4 is 5.32 Å². The number of aliphatic carboxylic acids is 1. The largest absolute Gasteiger partial charge is 0.481 e. The molecule has 2 N–H and O–H groups in total. The zero-order chi connectivity index (χ0) is 12.8. The molecule has 0 unspecified atom stereocenters. The molecule has 1 saturated carbocycles. The predicted octanol–water partition coefficient (Wildman–Crippen LogP) is 2.62. The number of nitrogens with zero attached hydrogens (tertiary/aromatic N) is 1. The highest BCUT2D eigenvalue weighted by Gasteiger charge is 2.65. The van der Waals surface area contributed by atoms with Gasteiger partial charge in [0.2, 0.25) is 0 Å². The molecular formula is C12H18N2O2S. The highest BCUT2D eigenvalue weighted by Crippen LogP contribution is 2.63. The average molecular weight is 254 g/mol. The van der Waals surface area contributed by atoms with E-state index in [0.717, 1.165) is 5.13 Å². The fourth-order valence-electron chi connectivity index (χ4n) is 2.29. The van der Waals surface area contributed by atoms with Gasteiger partial charge in [-0.3, -0.25) is 4.79 Å². The standard InChI is InChI=1S/C12H18N2O2S/c1-11(2)9(12(11,3)4)14-10-13-7(6-17-10)5-8(15)16/h6,9H,5H2,1-4H3,(H,13,14)(H,15,16). The van der Waals surface area contributed by atoms with Crippen molar-refractivity contribution >= 4 is 22.4 Å². The number of hydrogen-bond donors (Lipinski definition) is 2. The van der Waals surface area contributed by atoms with Gasteiger partial charge in [0.05, 0.1) is 12.1 Å². The van der Waals surface area contributed by atoms with Crippen LogP contribution in [0.2, 0.25) is 0 Å². The van der Waals surface area contributed by atoms with Crippen LogP contribution in [0.1, 0.15) is 33.4 Å². The van der Waals surface area contributed by atoms with Crippen molar-refractivity contribution in [2.75, 3.05) is 5.32 Å². The maximum Gasteiger partial charge on any atom is 0.309 e. The highest BCUT2D eigenvalue weighted by molar-refractivity contribution is 7.13. The fourth-order valence-corrected chi connectivity index (χ4v) is 3.03. The molecule has 0 saturated heterocycles. The first-order valence-electron chi connectivity index (χ1n) is 5.68. The fraction of sp³-hybridized carbons (Fsp3) is 0.667. The van der Waals surface area contributed by atoms with Crippen LogP contribution in [0.25, 0.3) is 0 Å². The molecule has 1 fully saturated rings. The summed E-state index contributed by atoms with van der Waals surface area (Å²) >= 11 is 1.48. The normalized spacial score (nSPS) is 21.2. The molecule has 0 amide bonds. The molecule has 1 aromatic heterocycles.